The van der Waals surface area contributed by atoms with Gasteiger partial charge >= 0.3 is 23.9 Å². The second kappa shape index (κ2) is 17.7. The van der Waals surface area contributed by atoms with Gasteiger partial charge in [0.05, 0.1) is 35.6 Å². The molecule has 3 fully saturated rings. The normalized spacial score (nSPS) is 32.0. The van der Waals surface area contributed by atoms with Crippen LogP contribution in [0, 0.1) is 16.7 Å². The molecule has 2 bridgehead atoms. The van der Waals surface area contributed by atoms with E-state index < -0.39 is 107 Å². The van der Waals surface area contributed by atoms with Crippen LogP contribution in [0.1, 0.15) is 109 Å². The van der Waals surface area contributed by atoms with E-state index in [9.17, 15) is 39.3 Å². The van der Waals surface area contributed by atoms with E-state index in [1.54, 1.807) is 69.3 Å². The second-order valence-electron chi connectivity index (χ2n) is 17.9. The van der Waals surface area contributed by atoms with Crippen LogP contribution in [0.2, 0.25) is 0 Å². The van der Waals surface area contributed by atoms with Gasteiger partial charge in [-0.25, -0.2) is 9.59 Å². The summed E-state index contributed by atoms with van der Waals surface area (Å²) in [5, 5.41) is 37.7. The van der Waals surface area contributed by atoms with Crippen molar-refractivity contribution >= 4 is 35.6 Å². The van der Waals surface area contributed by atoms with E-state index in [4.69, 9.17) is 23.7 Å². The van der Waals surface area contributed by atoms with Crippen LogP contribution in [0.5, 0.6) is 0 Å². The first-order valence-electron chi connectivity index (χ1n) is 21.3. The maximum Gasteiger partial charge on any atom is 0.338 e. The van der Waals surface area contributed by atoms with Crippen molar-refractivity contribution < 1.29 is 67.8 Å². The Labute approximate surface area is 361 Å². The fourth-order valence-electron chi connectivity index (χ4n) is 10.5. The first-order chi connectivity index (χ1) is 29.2. The number of carbonyl (C=O) groups excluding carboxylic acids is 6. The van der Waals surface area contributed by atoms with Crippen molar-refractivity contribution in [3.05, 3.63) is 82.9 Å². The van der Waals surface area contributed by atoms with E-state index >= 15 is 4.79 Å². The summed E-state index contributed by atoms with van der Waals surface area (Å²) in [6, 6.07) is 15.2. The Morgan fingerprint density at radius 2 is 1.55 bits per heavy atom. The molecule has 6 rings (SSSR count). The molecule has 1 saturated heterocycles. The number of ketones is 1. The molecule has 0 spiro atoms. The number of likely N-dealkylation sites (N-methyl/N-ethyl adjacent to an activating group) is 1. The number of hydrogen-bond acceptors (Lipinski definition) is 14. The van der Waals surface area contributed by atoms with E-state index in [1.807, 2.05) is 6.92 Å². The van der Waals surface area contributed by atoms with Gasteiger partial charge in [0.15, 0.2) is 23.6 Å². The van der Waals surface area contributed by atoms with Crippen molar-refractivity contribution in [1.29, 1.82) is 0 Å². The van der Waals surface area contributed by atoms with Gasteiger partial charge in [-0.2, -0.15) is 0 Å². The van der Waals surface area contributed by atoms with E-state index in [0.29, 0.717) is 12.0 Å². The lowest BCUT2D eigenvalue weighted by Gasteiger charge is -2.67. The summed E-state index contributed by atoms with van der Waals surface area (Å²) in [7, 11) is 1.49. The topological polar surface area (TPSA) is 212 Å². The van der Waals surface area contributed by atoms with Gasteiger partial charge in [-0.15, -0.1) is 0 Å². The van der Waals surface area contributed by atoms with Gasteiger partial charge in [-0.3, -0.25) is 19.2 Å². The van der Waals surface area contributed by atoms with Crippen LogP contribution in [-0.4, -0.2) is 117 Å². The Kier molecular flexibility index (Phi) is 13.3. The number of rotatable bonds is 13. The number of carbonyl (C=O) groups is 6. The van der Waals surface area contributed by atoms with Gasteiger partial charge in [0.2, 0.25) is 5.91 Å². The van der Waals surface area contributed by atoms with Gasteiger partial charge in [0, 0.05) is 45.6 Å². The molecular formula is C47H59NO14. The molecule has 0 unspecified atom stereocenters. The van der Waals surface area contributed by atoms with Crippen LogP contribution < -0.4 is 0 Å². The molecule has 11 atom stereocenters. The molecule has 2 aromatic carbocycles. The third kappa shape index (κ3) is 7.86. The Bertz CT molecular complexity index is 2090. The summed E-state index contributed by atoms with van der Waals surface area (Å²) >= 11 is 0. The van der Waals surface area contributed by atoms with Gasteiger partial charge < -0.3 is 43.9 Å². The van der Waals surface area contributed by atoms with Crippen LogP contribution in [0.15, 0.2) is 71.8 Å². The van der Waals surface area contributed by atoms with Gasteiger partial charge in [0.1, 0.15) is 23.9 Å². The number of fused-ring (bicyclic) bond motifs is 5. The summed E-state index contributed by atoms with van der Waals surface area (Å²) < 4.78 is 30.4. The summed E-state index contributed by atoms with van der Waals surface area (Å²) in [4.78, 5) is 84.9. The Hall–Kier alpha value is -4.96. The zero-order valence-electron chi connectivity index (χ0n) is 36.6. The van der Waals surface area contributed by atoms with Crippen LogP contribution in [0.25, 0.3) is 0 Å². The average Bonchev–Trinajstić information content (AvgIpc) is 3.22. The summed E-state index contributed by atoms with van der Waals surface area (Å²) in [6.45, 7) is 10.1. The standard InChI is InChI=1S/C47H59NO14/c1-9-10-13-22-34(52)48(8)36(29-18-14-11-15-19-29)37(53)43(56)60-31-24-47(57)41(61-42(55)30-20-16-12-17-21-30)39-45(7,32(51)23-33-46(39,25-58-33)62-28(4)50)40(54)38(59-27(3)49)35(26(31)2)44(47,5)6/h11-12,14-21,31-33,36-39,41,51,53,57H,9-10,13,22-25H2,1-8H3/t31-,32-,33+,36-,37+,38+,39-,41-,45+,46-,47+/m0/s1. The van der Waals surface area contributed by atoms with Gasteiger partial charge in [-0.05, 0) is 49.1 Å². The van der Waals surface area contributed by atoms with Crippen LogP contribution in [-0.2, 0) is 47.7 Å². The van der Waals surface area contributed by atoms with Crippen LogP contribution in [0.4, 0.5) is 0 Å². The highest BCUT2D eigenvalue weighted by atomic mass is 16.6. The monoisotopic (exact) mass is 861 g/mol. The lowest BCUT2D eigenvalue weighted by molar-refractivity contribution is -0.346. The molecule has 1 aliphatic heterocycles. The number of hydrogen-bond donors (Lipinski definition) is 3. The Morgan fingerprint density at radius 1 is 0.919 bits per heavy atom. The lowest BCUT2D eigenvalue weighted by Crippen LogP contribution is -2.82. The van der Waals surface area contributed by atoms with E-state index in [1.165, 1.54) is 31.0 Å². The largest absolute Gasteiger partial charge is 0.456 e. The number of nitrogens with zero attached hydrogens (tertiary/aromatic N) is 1. The second-order valence-corrected chi connectivity index (χ2v) is 17.9. The molecule has 1 heterocycles. The van der Waals surface area contributed by atoms with Crippen molar-refractivity contribution in [2.24, 2.45) is 16.7 Å². The first-order valence-corrected chi connectivity index (χ1v) is 21.3. The predicted molar refractivity (Wildman–Crippen MR) is 221 cm³/mol. The van der Waals surface area contributed by atoms with Crippen LogP contribution >= 0.6 is 0 Å². The molecule has 15 nitrogen and oxygen atoms in total. The molecule has 15 heteroatoms. The molecule has 1 amide bonds. The number of aliphatic hydroxyl groups is 3. The van der Waals surface area contributed by atoms with Gasteiger partial charge in [-0.1, -0.05) is 82.1 Å². The smallest absolute Gasteiger partial charge is 0.338 e. The molecule has 336 valence electrons. The minimum atomic E-state index is -2.37. The third-order valence-corrected chi connectivity index (χ3v) is 13.9. The number of amides is 1. The number of esters is 4. The first kappa shape index (κ1) is 46.5. The molecule has 2 saturated carbocycles. The fraction of sp³-hybridized carbons (Fsp3) is 0.574. The number of Topliss-reactive ketones (excluding diaryl/α,β-unsaturated/α-hetero) is 1. The Balaban J connectivity index is 1.53. The van der Waals surface area contributed by atoms with Crippen molar-refractivity contribution in [3.63, 3.8) is 0 Å². The number of benzene rings is 2. The van der Waals surface area contributed by atoms with Gasteiger partial charge in [0.25, 0.3) is 0 Å². The SMILES string of the molecule is CCCCCC(=O)N(C)[C@@H](c1ccccc1)[C@@H](O)C(=O)O[C@H]1C[C@@]2(O)[C@@H](OC(=O)c3ccccc3)[C@@H]3[C@]4(OC(C)=O)CO[C@@H]4C[C@H](O)[C@@]3(C)C(=O)[C@H](OC(C)=O)C(=C1C)C2(C)C. The Morgan fingerprint density at radius 3 is 2.11 bits per heavy atom. The highest BCUT2D eigenvalue weighted by Crippen LogP contribution is 2.64. The minimum Gasteiger partial charge on any atom is -0.456 e. The quantitative estimate of drug-likeness (QED) is 0.111. The summed E-state index contributed by atoms with van der Waals surface area (Å²) in [5.74, 6) is -6.44. The number of ether oxygens (including phenoxy) is 5. The van der Waals surface area contributed by atoms with Crippen molar-refractivity contribution in [3.8, 4) is 0 Å². The molecule has 3 aliphatic carbocycles. The highest BCUT2D eigenvalue weighted by molar-refractivity contribution is 5.95. The summed E-state index contributed by atoms with van der Waals surface area (Å²) in [6.07, 6.45) is -7.86. The van der Waals surface area contributed by atoms with Crippen molar-refractivity contribution in [2.45, 2.75) is 141 Å². The number of aliphatic hydroxyl groups excluding tert-OH is 2. The lowest BCUT2D eigenvalue weighted by atomic mass is 9.44. The highest BCUT2D eigenvalue weighted by Gasteiger charge is 2.78. The maximum absolute atomic E-state index is 15.5. The summed E-state index contributed by atoms with van der Waals surface area (Å²) in [5.41, 5.74) is -7.08. The van der Waals surface area contributed by atoms with Crippen LogP contribution in [0.3, 0.4) is 0 Å². The zero-order chi connectivity index (χ0) is 45.5. The zero-order valence-corrected chi connectivity index (χ0v) is 36.6. The van der Waals surface area contributed by atoms with Crippen molar-refractivity contribution in [1.82, 2.24) is 4.90 Å². The van der Waals surface area contributed by atoms with E-state index in [2.05, 4.69) is 0 Å². The number of unbranched alkanes of at least 4 members (excludes halogenated alkanes) is 2. The van der Waals surface area contributed by atoms with E-state index in [0.717, 1.165) is 26.7 Å². The molecule has 0 radical (unpaired) electrons. The molecule has 62 heavy (non-hydrogen) atoms. The molecular weight excluding hydrogens is 803 g/mol. The molecule has 4 aliphatic rings. The molecule has 3 N–H and O–H groups in total. The van der Waals surface area contributed by atoms with Crippen molar-refractivity contribution in [2.75, 3.05) is 13.7 Å². The molecule has 2 aromatic rings. The average molecular weight is 862 g/mol. The molecule has 0 aromatic heterocycles. The fourth-order valence-corrected chi connectivity index (χ4v) is 10.5. The predicted octanol–water partition coefficient (Wildman–Crippen LogP) is 4.34. The van der Waals surface area contributed by atoms with E-state index in [-0.39, 0.29) is 42.1 Å². The third-order valence-electron chi connectivity index (χ3n) is 13.9. The minimum absolute atomic E-state index is 0.0164. The maximum atomic E-state index is 15.5.